The molecule has 0 aliphatic heterocycles. The molecule has 0 spiro atoms. The summed E-state index contributed by atoms with van der Waals surface area (Å²) in [6.07, 6.45) is 4.65. The van der Waals surface area contributed by atoms with Gasteiger partial charge < -0.3 is 4.74 Å². The Bertz CT molecular complexity index is 607. The second-order valence-corrected chi connectivity index (χ2v) is 5.48. The SMILES string of the molecule is CCCCn1nc(COc2cccc(F)c2)nc1C1CC1. The minimum absolute atomic E-state index is 0.280. The highest BCUT2D eigenvalue weighted by atomic mass is 19.1. The third-order valence-electron chi connectivity index (χ3n) is 3.57. The van der Waals surface area contributed by atoms with Crippen LogP contribution in [0.15, 0.2) is 24.3 Å². The molecule has 5 heteroatoms. The number of aromatic nitrogens is 3. The smallest absolute Gasteiger partial charge is 0.188 e. The second kappa shape index (κ2) is 6.24. The Hall–Kier alpha value is -1.91. The summed E-state index contributed by atoms with van der Waals surface area (Å²) in [7, 11) is 0. The van der Waals surface area contributed by atoms with Crippen LogP contribution in [0, 0.1) is 5.82 Å². The van der Waals surface area contributed by atoms with Crippen molar-refractivity contribution in [1.29, 1.82) is 0 Å². The van der Waals surface area contributed by atoms with Gasteiger partial charge in [-0.05, 0) is 31.4 Å². The molecule has 1 heterocycles. The van der Waals surface area contributed by atoms with Crippen molar-refractivity contribution in [3.63, 3.8) is 0 Å². The zero-order valence-corrected chi connectivity index (χ0v) is 12.3. The molecule has 1 saturated carbocycles. The lowest BCUT2D eigenvalue weighted by atomic mass is 10.3. The van der Waals surface area contributed by atoms with Crippen LogP contribution in [0.1, 0.15) is 50.2 Å². The van der Waals surface area contributed by atoms with Crippen LogP contribution in [0.2, 0.25) is 0 Å². The van der Waals surface area contributed by atoms with Gasteiger partial charge in [0.15, 0.2) is 5.82 Å². The summed E-state index contributed by atoms with van der Waals surface area (Å²) in [5, 5.41) is 4.53. The third kappa shape index (κ3) is 3.60. The fourth-order valence-corrected chi connectivity index (χ4v) is 2.28. The Labute approximate surface area is 124 Å². The molecule has 1 aromatic carbocycles. The van der Waals surface area contributed by atoms with Crippen LogP contribution < -0.4 is 4.74 Å². The summed E-state index contributed by atoms with van der Waals surface area (Å²) >= 11 is 0. The first-order chi connectivity index (χ1) is 10.3. The standard InChI is InChI=1S/C16H20FN3O/c1-2-3-9-20-16(12-7-8-12)18-15(19-20)11-21-14-6-4-5-13(17)10-14/h4-6,10,12H,2-3,7-9,11H2,1H3. The molecule has 1 aliphatic rings. The monoisotopic (exact) mass is 289 g/mol. The molecule has 3 rings (SSSR count). The van der Waals surface area contributed by atoms with E-state index in [9.17, 15) is 4.39 Å². The number of nitrogens with zero attached hydrogens (tertiary/aromatic N) is 3. The van der Waals surface area contributed by atoms with E-state index in [1.807, 2.05) is 4.68 Å². The fourth-order valence-electron chi connectivity index (χ4n) is 2.28. The largest absolute Gasteiger partial charge is 0.485 e. The Balaban J connectivity index is 1.67. The van der Waals surface area contributed by atoms with Gasteiger partial charge in [-0.3, -0.25) is 0 Å². The lowest BCUT2D eigenvalue weighted by Gasteiger charge is -2.03. The van der Waals surface area contributed by atoms with E-state index >= 15 is 0 Å². The van der Waals surface area contributed by atoms with E-state index in [2.05, 4.69) is 17.0 Å². The quantitative estimate of drug-likeness (QED) is 0.780. The Morgan fingerprint density at radius 1 is 1.38 bits per heavy atom. The Kier molecular flexibility index (Phi) is 4.18. The number of halogens is 1. The number of aryl methyl sites for hydroxylation is 1. The maximum Gasteiger partial charge on any atom is 0.188 e. The maximum atomic E-state index is 13.1. The minimum atomic E-state index is -0.299. The normalized spacial score (nSPS) is 14.4. The van der Waals surface area contributed by atoms with Crippen molar-refractivity contribution in [3.05, 3.63) is 41.7 Å². The van der Waals surface area contributed by atoms with Gasteiger partial charge in [0, 0.05) is 18.5 Å². The van der Waals surface area contributed by atoms with E-state index < -0.39 is 0 Å². The van der Waals surface area contributed by atoms with Crippen LogP contribution in [0.3, 0.4) is 0 Å². The molecule has 112 valence electrons. The lowest BCUT2D eigenvalue weighted by molar-refractivity contribution is 0.293. The summed E-state index contributed by atoms with van der Waals surface area (Å²) < 4.78 is 20.7. The molecule has 1 aromatic heterocycles. The molecule has 1 fully saturated rings. The van der Waals surface area contributed by atoms with Gasteiger partial charge in [0.1, 0.15) is 24.0 Å². The molecular weight excluding hydrogens is 269 g/mol. The van der Waals surface area contributed by atoms with Crippen LogP contribution in [0.25, 0.3) is 0 Å². The average molecular weight is 289 g/mol. The van der Waals surface area contributed by atoms with Gasteiger partial charge in [0.2, 0.25) is 0 Å². The maximum absolute atomic E-state index is 13.1. The van der Waals surface area contributed by atoms with Crippen molar-refractivity contribution >= 4 is 0 Å². The molecule has 0 saturated heterocycles. The van der Waals surface area contributed by atoms with Crippen molar-refractivity contribution in [2.24, 2.45) is 0 Å². The van der Waals surface area contributed by atoms with E-state index in [0.29, 0.717) is 17.5 Å². The van der Waals surface area contributed by atoms with E-state index in [-0.39, 0.29) is 12.4 Å². The number of rotatable bonds is 7. The topological polar surface area (TPSA) is 39.9 Å². The highest BCUT2D eigenvalue weighted by Crippen LogP contribution is 2.39. The molecule has 0 unspecified atom stereocenters. The Morgan fingerprint density at radius 3 is 2.95 bits per heavy atom. The molecule has 0 amide bonds. The van der Waals surface area contributed by atoms with E-state index in [4.69, 9.17) is 4.74 Å². The zero-order valence-electron chi connectivity index (χ0n) is 12.3. The molecule has 21 heavy (non-hydrogen) atoms. The van der Waals surface area contributed by atoms with Crippen molar-refractivity contribution in [3.8, 4) is 5.75 Å². The van der Waals surface area contributed by atoms with Gasteiger partial charge in [-0.2, -0.15) is 5.10 Å². The first kappa shape index (κ1) is 14.0. The van der Waals surface area contributed by atoms with Gasteiger partial charge in [-0.15, -0.1) is 0 Å². The number of unbranched alkanes of at least 4 members (excludes halogenated alkanes) is 1. The summed E-state index contributed by atoms with van der Waals surface area (Å²) in [6, 6.07) is 6.14. The molecular formula is C16H20FN3O. The molecule has 1 aliphatic carbocycles. The van der Waals surface area contributed by atoms with Crippen LogP contribution in [0.5, 0.6) is 5.75 Å². The summed E-state index contributed by atoms with van der Waals surface area (Å²) in [5.74, 6) is 2.54. The minimum Gasteiger partial charge on any atom is -0.485 e. The Morgan fingerprint density at radius 2 is 2.24 bits per heavy atom. The highest BCUT2D eigenvalue weighted by molar-refractivity contribution is 5.22. The molecule has 0 atom stereocenters. The van der Waals surface area contributed by atoms with E-state index in [0.717, 1.165) is 25.2 Å². The molecule has 0 radical (unpaired) electrons. The average Bonchev–Trinajstić information content (AvgIpc) is 3.24. The third-order valence-corrected chi connectivity index (χ3v) is 3.57. The van der Waals surface area contributed by atoms with Crippen LogP contribution >= 0.6 is 0 Å². The molecule has 0 bridgehead atoms. The van der Waals surface area contributed by atoms with Crippen LogP contribution in [0.4, 0.5) is 4.39 Å². The van der Waals surface area contributed by atoms with Crippen molar-refractivity contribution in [2.75, 3.05) is 0 Å². The van der Waals surface area contributed by atoms with Crippen molar-refractivity contribution in [1.82, 2.24) is 14.8 Å². The van der Waals surface area contributed by atoms with Gasteiger partial charge in [0.05, 0.1) is 0 Å². The van der Waals surface area contributed by atoms with E-state index in [1.54, 1.807) is 12.1 Å². The number of ether oxygens (including phenoxy) is 1. The van der Waals surface area contributed by atoms with Gasteiger partial charge in [0.25, 0.3) is 0 Å². The first-order valence-corrected chi connectivity index (χ1v) is 7.58. The van der Waals surface area contributed by atoms with Crippen molar-refractivity contribution < 1.29 is 9.13 Å². The van der Waals surface area contributed by atoms with E-state index in [1.165, 1.54) is 25.0 Å². The summed E-state index contributed by atoms with van der Waals surface area (Å²) in [4.78, 5) is 4.60. The predicted octanol–water partition coefficient (Wildman–Crippen LogP) is 3.67. The summed E-state index contributed by atoms with van der Waals surface area (Å²) in [5.41, 5.74) is 0. The number of hydrogen-bond donors (Lipinski definition) is 0. The van der Waals surface area contributed by atoms with Crippen LogP contribution in [-0.2, 0) is 13.2 Å². The fraction of sp³-hybridized carbons (Fsp3) is 0.500. The number of hydrogen-bond acceptors (Lipinski definition) is 3. The number of benzene rings is 1. The van der Waals surface area contributed by atoms with Gasteiger partial charge >= 0.3 is 0 Å². The molecule has 2 aromatic rings. The van der Waals surface area contributed by atoms with Crippen molar-refractivity contribution in [2.45, 2.75) is 51.7 Å². The molecule has 4 nitrogen and oxygen atoms in total. The zero-order chi connectivity index (χ0) is 14.7. The highest BCUT2D eigenvalue weighted by Gasteiger charge is 2.29. The predicted molar refractivity (Wildman–Crippen MR) is 77.6 cm³/mol. The second-order valence-electron chi connectivity index (χ2n) is 5.48. The van der Waals surface area contributed by atoms with Gasteiger partial charge in [-0.25, -0.2) is 14.1 Å². The van der Waals surface area contributed by atoms with Crippen LogP contribution in [-0.4, -0.2) is 14.8 Å². The van der Waals surface area contributed by atoms with Gasteiger partial charge in [-0.1, -0.05) is 19.4 Å². The lowest BCUT2D eigenvalue weighted by Crippen LogP contribution is -2.05. The first-order valence-electron chi connectivity index (χ1n) is 7.58. The molecule has 0 N–H and O–H groups in total. The summed E-state index contributed by atoms with van der Waals surface area (Å²) in [6.45, 7) is 3.36.